The van der Waals surface area contributed by atoms with Gasteiger partial charge < -0.3 is 5.11 Å². The van der Waals surface area contributed by atoms with Gasteiger partial charge >= 0.3 is 0 Å². The molecule has 1 aromatic carbocycles. The van der Waals surface area contributed by atoms with E-state index in [1.54, 1.807) is 18.2 Å². The van der Waals surface area contributed by atoms with Gasteiger partial charge in [-0.15, -0.1) is 0 Å². The van der Waals surface area contributed by atoms with Gasteiger partial charge in [-0.2, -0.15) is 0 Å². The molecule has 0 aliphatic carbocycles. The van der Waals surface area contributed by atoms with E-state index >= 15 is 0 Å². The molecule has 1 rings (SSSR count). The first-order valence-electron chi connectivity index (χ1n) is 4.24. The van der Waals surface area contributed by atoms with Gasteiger partial charge in [-0.25, -0.2) is 0 Å². The van der Waals surface area contributed by atoms with Crippen LogP contribution in [0.25, 0.3) is 0 Å². The fraction of sp³-hybridized carbons (Fsp3) is 0.364. The zero-order chi connectivity index (χ0) is 10.1. The summed E-state index contributed by atoms with van der Waals surface area (Å²) in [5.41, 5.74) is 1.07. The van der Waals surface area contributed by atoms with E-state index in [-0.39, 0.29) is 11.2 Å². The highest BCUT2D eigenvalue weighted by molar-refractivity contribution is 5.79. The Morgan fingerprint density at radius 1 is 1.31 bits per heavy atom. The van der Waals surface area contributed by atoms with Gasteiger partial charge in [0, 0.05) is 11.1 Å². The molecule has 0 amide bonds. The number of aldehydes is 1. The quantitative estimate of drug-likeness (QED) is 0.671. The highest BCUT2D eigenvalue weighted by Gasteiger charge is 2.21. The van der Waals surface area contributed by atoms with Crippen molar-refractivity contribution >= 4 is 6.29 Å². The first kappa shape index (κ1) is 9.78. The van der Waals surface area contributed by atoms with Gasteiger partial charge in [0.1, 0.15) is 12.0 Å². The minimum atomic E-state index is -0.207. The molecule has 0 fully saturated rings. The van der Waals surface area contributed by atoms with Crippen molar-refractivity contribution in [2.24, 2.45) is 0 Å². The number of hydrogen-bond acceptors (Lipinski definition) is 2. The summed E-state index contributed by atoms with van der Waals surface area (Å²) in [4.78, 5) is 10.7. The maximum atomic E-state index is 10.7. The van der Waals surface area contributed by atoms with E-state index in [0.29, 0.717) is 11.1 Å². The number of carbonyl (C=O) groups excluding carboxylic acids is 1. The average Bonchev–Trinajstić information content (AvgIpc) is 2.01. The third-order valence-corrected chi connectivity index (χ3v) is 1.95. The minimum Gasteiger partial charge on any atom is -0.508 e. The maximum absolute atomic E-state index is 10.7. The summed E-state index contributed by atoms with van der Waals surface area (Å²) in [6, 6.07) is 5.00. The molecular formula is C11H14O2. The van der Waals surface area contributed by atoms with Crippen LogP contribution >= 0.6 is 0 Å². The second kappa shape index (κ2) is 3.21. The van der Waals surface area contributed by atoms with Crippen molar-refractivity contribution in [2.75, 3.05) is 0 Å². The van der Waals surface area contributed by atoms with E-state index in [0.717, 1.165) is 6.29 Å². The maximum Gasteiger partial charge on any atom is 0.150 e. The lowest BCUT2D eigenvalue weighted by Crippen LogP contribution is -2.14. The molecule has 70 valence electrons. The second-order valence-corrected chi connectivity index (χ2v) is 4.11. The van der Waals surface area contributed by atoms with Gasteiger partial charge in [-0.05, 0) is 11.5 Å². The van der Waals surface area contributed by atoms with Crippen LogP contribution in [-0.2, 0) is 5.41 Å². The fourth-order valence-corrected chi connectivity index (χ4v) is 1.47. The van der Waals surface area contributed by atoms with E-state index in [9.17, 15) is 9.90 Å². The third kappa shape index (κ3) is 1.89. The van der Waals surface area contributed by atoms with Crippen molar-refractivity contribution in [1.29, 1.82) is 0 Å². The average molecular weight is 178 g/mol. The molecule has 0 aliphatic rings. The number of aromatic hydroxyl groups is 1. The molecule has 0 aliphatic heterocycles. The van der Waals surface area contributed by atoms with Crippen LogP contribution in [0.1, 0.15) is 36.7 Å². The molecule has 0 aromatic heterocycles. The Balaban J connectivity index is 3.40. The minimum absolute atomic E-state index is 0.192. The molecule has 0 heterocycles. The van der Waals surface area contributed by atoms with Crippen LogP contribution in [-0.4, -0.2) is 11.4 Å². The number of phenols is 1. The van der Waals surface area contributed by atoms with Crippen LogP contribution in [0, 0.1) is 0 Å². The molecule has 0 unspecified atom stereocenters. The Morgan fingerprint density at radius 3 is 2.31 bits per heavy atom. The molecule has 13 heavy (non-hydrogen) atoms. The van der Waals surface area contributed by atoms with E-state index in [4.69, 9.17) is 0 Å². The SMILES string of the molecule is CC(C)(C)c1c(O)cccc1C=O. The Kier molecular flexibility index (Phi) is 2.41. The Labute approximate surface area is 78.2 Å². The summed E-state index contributed by atoms with van der Waals surface area (Å²) in [6.45, 7) is 5.90. The van der Waals surface area contributed by atoms with Crippen molar-refractivity contribution in [1.82, 2.24) is 0 Å². The van der Waals surface area contributed by atoms with Crippen LogP contribution in [0.15, 0.2) is 18.2 Å². The summed E-state index contributed by atoms with van der Waals surface area (Å²) in [6.07, 6.45) is 0.778. The highest BCUT2D eigenvalue weighted by atomic mass is 16.3. The molecule has 0 saturated carbocycles. The van der Waals surface area contributed by atoms with Gasteiger partial charge in [0.25, 0.3) is 0 Å². The van der Waals surface area contributed by atoms with Gasteiger partial charge in [0.15, 0.2) is 0 Å². The van der Waals surface area contributed by atoms with Crippen molar-refractivity contribution in [3.8, 4) is 5.75 Å². The Morgan fingerprint density at radius 2 is 1.92 bits per heavy atom. The molecule has 0 bridgehead atoms. The molecule has 0 saturated heterocycles. The number of rotatable bonds is 1. The normalized spacial score (nSPS) is 11.3. The summed E-state index contributed by atoms with van der Waals surface area (Å²) >= 11 is 0. The van der Waals surface area contributed by atoms with E-state index < -0.39 is 0 Å². The molecule has 2 heteroatoms. The smallest absolute Gasteiger partial charge is 0.150 e. The number of benzene rings is 1. The van der Waals surface area contributed by atoms with Crippen molar-refractivity contribution < 1.29 is 9.90 Å². The fourth-order valence-electron chi connectivity index (χ4n) is 1.47. The second-order valence-electron chi connectivity index (χ2n) is 4.11. The molecule has 1 aromatic rings. The lowest BCUT2D eigenvalue weighted by Gasteiger charge is -2.21. The van der Waals surface area contributed by atoms with E-state index in [1.165, 1.54) is 0 Å². The number of hydrogen-bond donors (Lipinski definition) is 1. The van der Waals surface area contributed by atoms with Crippen molar-refractivity contribution in [3.63, 3.8) is 0 Å². The third-order valence-electron chi connectivity index (χ3n) is 1.95. The first-order valence-corrected chi connectivity index (χ1v) is 4.24. The van der Waals surface area contributed by atoms with Gasteiger partial charge in [0.05, 0.1) is 0 Å². The summed E-state index contributed by atoms with van der Waals surface area (Å²) in [5.74, 6) is 0.192. The first-order chi connectivity index (χ1) is 5.96. The van der Waals surface area contributed by atoms with Gasteiger partial charge in [0.2, 0.25) is 0 Å². The van der Waals surface area contributed by atoms with Crippen molar-refractivity contribution in [3.05, 3.63) is 29.3 Å². The van der Waals surface area contributed by atoms with E-state index in [2.05, 4.69) is 0 Å². The van der Waals surface area contributed by atoms with E-state index in [1.807, 2.05) is 20.8 Å². The van der Waals surface area contributed by atoms with Crippen LogP contribution in [0.2, 0.25) is 0 Å². The van der Waals surface area contributed by atoms with Gasteiger partial charge in [-0.1, -0.05) is 32.9 Å². The summed E-state index contributed by atoms with van der Waals surface area (Å²) in [5, 5.41) is 9.60. The molecule has 0 radical (unpaired) electrons. The van der Waals surface area contributed by atoms with Crippen LogP contribution in [0.4, 0.5) is 0 Å². The lowest BCUT2D eigenvalue weighted by atomic mass is 9.83. The predicted molar refractivity (Wildman–Crippen MR) is 52.2 cm³/mol. The van der Waals surface area contributed by atoms with Crippen molar-refractivity contribution in [2.45, 2.75) is 26.2 Å². The Hall–Kier alpha value is -1.31. The molecule has 2 nitrogen and oxygen atoms in total. The Bertz CT molecular complexity index is 321. The largest absolute Gasteiger partial charge is 0.508 e. The zero-order valence-corrected chi connectivity index (χ0v) is 8.16. The zero-order valence-electron chi connectivity index (χ0n) is 8.16. The number of phenolic OH excluding ortho intramolecular Hbond substituents is 1. The molecular weight excluding hydrogens is 164 g/mol. The molecule has 0 spiro atoms. The molecule has 0 atom stereocenters. The topological polar surface area (TPSA) is 37.3 Å². The van der Waals surface area contributed by atoms with Crippen LogP contribution < -0.4 is 0 Å². The summed E-state index contributed by atoms with van der Waals surface area (Å²) < 4.78 is 0. The summed E-state index contributed by atoms with van der Waals surface area (Å²) in [7, 11) is 0. The van der Waals surface area contributed by atoms with Gasteiger partial charge in [-0.3, -0.25) is 4.79 Å². The predicted octanol–water partition coefficient (Wildman–Crippen LogP) is 2.50. The number of carbonyl (C=O) groups is 1. The highest BCUT2D eigenvalue weighted by Crippen LogP contribution is 2.32. The standard InChI is InChI=1S/C11H14O2/c1-11(2,3)10-8(7-12)5-4-6-9(10)13/h4-7,13H,1-3H3. The monoisotopic (exact) mass is 178 g/mol. The lowest BCUT2D eigenvalue weighted by molar-refractivity contribution is 0.112. The van der Waals surface area contributed by atoms with Crippen LogP contribution in [0.5, 0.6) is 5.75 Å². The van der Waals surface area contributed by atoms with Crippen LogP contribution in [0.3, 0.4) is 0 Å². The molecule has 1 N–H and O–H groups in total.